The molecular weight excluding hydrogens is 301 g/mol. The number of sulfonamides is 1. The van der Waals surface area contributed by atoms with E-state index in [4.69, 9.17) is 9.31 Å². The lowest BCUT2D eigenvalue weighted by Crippen LogP contribution is -2.41. The minimum absolute atomic E-state index is 0.276. The molecule has 1 atom stereocenters. The zero-order valence-electron chi connectivity index (χ0n) is 14.0. The van der Waals surface area contributed by atoms with Gasteiger partial charge in [-0.1, -0.05) is 24.3 Å². The molecule has 1 aliphatic rings. The Kier molecular flexibility index (Phi) is 4.47. The Morgan fingerprint density at radius 1 is 1.05 bits per heavy atom. The predicted molar refractivity (Wildman–Crippen MR) is 88.6 cm³/mol. The van der Waals surface area contributed by atoms with Gasteiger partial charge in [0.1, 0.15) is 0 Å². The Labute approximate surface area is 133 Å². The third-order valence-corrected chi connectivity index (χ3v) is 5.13. The largest absolute Gasteiger partial charge is 0.494 e. The summed E-state index contributed by atoms with van der Waals surface area (Å²) in [5.41, 5.74) is 1.07. The average Bonchev–Trinajstić information content (AvgIpc) is 2.56. The maximum absolute atomic E-state index is 11.3. The minimum atomic E-state index is -3.23. The number of hydrogen-bond acceptors (Lipinski definition) is 4. The van der Waals surface area contributed by atoms with Crippen LogP contribution in [-0.2, 0) is 19.3 Å². The van der Waals surface area contributed by atoms with Gasteiger partial charge < -0.3 is 9.31 Å². The van der Waals surface area contributed by atoms with Crippen molar-refractivity contribution in [2.75, 3.05) is 6.26 Å². The summed E-state index contributed by atoms with van der Waals surface area (Å²) in [7, 11) is -3.63. The van der Waals surface area contributed by atoms with E-state index in [0.29, 0.717) is 0 Å². The van der Waals surface area contributed by atoms with Gasteiger partial charge in [0, 0.05) is 6.04 Å². The van der Waals surface area contributed by atoms with E-state index in [-0.39, 0.29) is 17.2 Å². The maximum Gasteiger partial charge on any atom is 0.494 e. The molecule has 0 radical (unpaired) electrons. The van der Waals surface area contributed by atoms with Gasteiger partial charge in [0.25, 0.3) is 0 Å². The summed E-state index contributed by atoms with van der Waals surface area (Å²) in [4.78, 5) is 0. The topological polar surface area (TPSA) is 64.6 Å². The van der Waals surface area contributed by atoms with E-state index in [1.165, 1.54) is 0 Å². The van der Waals surface area contributed by atoms with Crippen LogP contribution in [0.3, 0.4) is 0 Å². The average molecular weight is 325 g/mol. The fourth-order valence-corrected chi connectivity index (χ4v) is 3.09. The zero-order chi connectivity index (χ0) is 16.8. The highest BCUT2D eigenvalue weighted by molar-refractivity contribution is 7.88. The van der Waals surface area contributed by atoms with Gasteiger partial charge in [-0.05, 0) is 45.6 Å². The smallest absolute Gasteiger partial charge is 0.399 e. The third kappa shape index (κ3) is 3.71. The molecule has 1 N–H and O–H groups in total. The van der Waals surface area contributed by atoms with Gasteiger partial charge in [-0.3, -0.25) is 0 Å². The molecule has 1 aromatic carbocycles. The number of rotatable bonds is 4. The molecule has 1 aliphatic heterocycles. The molecule has 5 nitrogen and oxygen atoms in total. The monoisotopic (exact) mass is 325 g/mol. The quantitative estimate of drug-likeness (QED) is 0.854. The highest BCUT2D eigenvalue weighted by Gasteiger charge is 2.51. The van der Waals surface area contributed by atoms with Crippen molar-refractivity contribution in [2.45, 2.75) is 51.9 Å². The molecule has 0 spiro atoms. The van der Waals surface area contributed by atoms with Crippen molar-refractivity contribution in [1.82, 2.24) is 4.72 Å². The van der Waals surface area contributed by atoms with E-state index < -0.39 is 17.1 Å². The van der Waals surface area contributed by atoms with Crippen molar-refractivity contribution < 1.29 is 17.7 Å². The highest BCUT2D eigenvalue weighted by Crippen LogP contribution is 2.36. The summed E-state index contributed by atoms with van der Waals surface area (Å²) in [6, 6.07) is 7.34. The van der Waals surface area contributed by atoms with Crippen molar-refractivity contribution in [2.24, 2.45) is 0 Å². The lowest BCUT2D eigenvalue weighted by atomic mass is 9.78. The van der Waals surface area contributed by atoms with Crippen LogP contribution in [0.25, 0.3) is 0 Å². The molecule has 22 heavy (non-hydrogen) atoms. The minimum Gasteiger partial charge on any atom is -0.399 e. The van der Waals surface area contributed by atoms with Crippen LogP contribution in [0.4, 0.5) is 0 Å². The van der Waals surface area contributed by atoms with Gasteiger partial charge >= 0.3 is 7.12 Å². The van der Waals surface area contributed by atoms with Gasteiger partial charge in [-0.25, -0.2) is 13.1 Å². The normalized spacial score (nSPS) is 21.8. The Morgan fingerprint density at radius 2 is 1.50 bits per heavy atom. The molecule has 2 rings (SSSR count). The predicted octanol–water partition coefficient (Wildman–Crippen LogP) is 1.60. The Bertz CT molecular complexity index is 624. The second-order valence-corrected chi connectivity index (χ2v) is 8.65. The van der Waals surface area contributed by atoms with Crippen LogP contribution in [0.2, 0.25) is 0 Å². The standard InChI is InChI=1S/C15H24BNO4S/c1-11(17-22(6,18)19)12-7-9-13(10-8-12)16-20-14(2,3)15(4,5)21-16/h7-11,17H,1-6H3. The van der Waals surface area contributed by atoms with E-state index in [1.54, 1.807) is 0 Å². The molecule has 0 bridgehead atoms. The molecular formula is C15H24BNO4S. The number of nitrogens with one attached hydrogen (secondary N) is 1. The SMILES string of the molecule is CC(NS(C)(=O)=O)c1ccc(B2OC(C)(C)C(C)(C)O2)cc1. The second kappa shape index (κ2) is 5.63. The summed E-state index contributed by atoms with van der Waals surface area (Å²) in [5, 5.41) is 0. The first-order chi connectivity index (χ1) is 9.91. The molecule has 122 valence electrons. The zero-order valence-corrected chi connectivity index (χ0v) is 14.8. The van der Waals surface area contributed by atoms with Crippen LogP contribution in [0, 0.1) is 0 Å². The van der Waals surface area contributed by atoms with Crippen molar-refractivity contribution in [1.29, 1.82) is 0 Å². The molecule has 0 saturated carbocycles. The summed E-state index contributed by atoms with van der Waals surface area (Å²) in [5.74, 6) is 0. The summed E-state index contributed by atoms with van der Waals surface area (Å²) in [6.07, 6.45) is 1.16. The van der Waals surface area contributed by atoms with Crippen LogP contribution in [0.5, 0.6) is 0 Å². The third-order valence-electron chi connectivity index (χ3n) is 4.35. The number of hydrogen-bond donors (Lipinski definition) is 1. The molecule has 1 saturated heterocycles. The molecule has 1 fully saturated rings. The summed E-state index contributed by atoms with van der Waals surface area (Å²) >= 11 is 0. The van der Waals surface area contributed by atoms with Gasteiger partial charge in [-0.2, -0.15) is 0 Å². The molecule has 7 heteroatoms. The Morgan fingerprint density at radius 3 is 1.91 bits per heavy atom. The first-order valence-electron chi connectivity index (χ1n) is 7.34. The molecule has 0 amide bonds. The molecule has 1 unspecified atom stereocenters. The molecule has 1 aromatic rings. The lowest BCUT2D eigenvalue weighted by molar-refractivity contribution is 0.00578. The van der Waals surface area contributed by atoms with Gasteiger partial charge in [0.15, 0.2) is 0 Å². The van der Waals surface area contributed by atoms with E-state index in [9.17, 15) is 8.42 Å². The van der Waals surface area contributed by atoms with Crippen molar-refractivity contribution in [3.8, 4) is 0 Å². The van der Waals surface area contributed by atoms with E-state index in [1.807, 2.05) is 58.9 Å². The van der Waals surface area contributed by atoms with E-state index in [2.05, 4.69) is 4.72 Å². The van der Waals surface area contributed by atoms with Crippen molar-refractivity contribution in [3.63, 3.8) is 0 Å². The van der Waals surface area contributed by atoms with Gasteiger partial charge in [0.05, 0.1) is 17.5 Å². The van der Waals surface area contributed by atoms with Gasteiger partial charge in [-0.15, -0.1) is 0 Å². The van der Waals surface area contributed by atoms with Crippen LogP contribution in [0.15, 0.2) is 24.3 Å². The first kappa shape index (κ1) is 17.5. The van der Waals surface area contributed by atoms with Crippen molar-refractivity contribution >= 4 is 22.6 Å². The first-order valence-corrected chi connectivity index (χ1v) is 9.23. The van der Waals surface area contributed by atoms with Crippen LogP contribution < -0.4 is 10.2 Å². The summed E-state index contributed by atoms with van der Waals surface area (Å²) in [6.45, 7) is 9.86. The van der Waals surface area contributed by atoms with Crippen LogP contribution in [0.1, 0.15) is 46.2 Å². The van der Waals surface area contributed by atoms with Gasteiger partial charge in [0.2, 0.25) is 10.0 Å². The van der Waals surface area contributed by atoms with Crippen LogP contribution >= 0.6 is 0 Å². The Hall–Kier alpha value is -0.885. The van der Waals surface area contributed by atoms with Crippen molar-refractivity contribution in [3.05, 3.63) is 29.8 Å². The molecule has 0 aromatic heterocycles. The highest BCUT2D eigenvalue weighted by atomic mass is 32.2. The molecule has 1 heterocycles. The van der Waals surface area contributed by atoms with E-state index in [0.717, 1.165) is 17.3 Å². The fourth-order valence-electron chi connectivity index (χ4n) is 2.31. The van der Waals surface area contributed by atoms with Crippen LogP contribution in [-0.4, -0.2) is 33.0 Å². The number of benzene rings is 1. The fraction of sp³-hybridized carbons (Fsp3) is 0.600. The molecule has 0 aliphatic carbocycles. The van der Waals surface area contributed by atoms with E-state index >= 15 is 0 Å². The second-order valence-electron chi connectivity index (χ2n) is 6.87. The lowest BCUT2D eigenvalue weighted by Gasteiger charge is -2.32. The Balaban J connectivity index is 2.14. The summed E-state index contributed by atoms with van der Waals surface area (Å²) < 4.78 is 37.1. The maximum atomic E-state index is 11.3.